The summed E-state index contributed by atoms with van der Waals surface area (Å²) < 4.78 is 2.22. The molecule has 3 aromatic rings. The Hall–Kier alpha value is -3.74. The summed E-state index contributed by atoms with van der Waals surface area (Å²) >= 11 is 0. The smallest absolute Gasteiger partial charge is 0.262 e. The molecule has 29 heavy (non-hydrogen) atoms. The first-order valence-corrected chi connectivity index (χ1v) is 9.52. The molecule has 7 nitrogen and oxygen atoms in total. The minimum absolute atomic E-state index is 0.315. The fourth-order valence-electron chi connectivity index (χ4n) is 3.94. The van der Waals surface area contributed by atoms with E-state index in [0.717, 1.165) is 41.4 Å². The highest BCUT2D eigenvalue weighted by Gasteiger charge is 2.36. The van der Waals surface area contributed by atoms with Gasteiger partial charge in [0, 0.05) is 18.7 Å². The van der Waals surface area contributed by atoms with Gasteiger partial charge in [-0.05, 0) is 36.2 Å². The quantitative estimate of drug-likeness (QED) is 0.699. The van der Waals surface area contributed by atoms with Crippen molar-refractivity contribution in [2.75, 3.05) is 11.9 Å². The number of aromatic nitrogens is 2. The summed E-state index contributed by atoms with van der Waals surface area (Å²) in [5.74, 6) is -0.188. The number of nitrogens with zero attached hydrogens (tertiary/aromatic N) is 3. The van der Waals surface area contributed by atoms with Crippen molar-refractivity contribution in [3.05, 3.63) is 71.7 Å². The Morgan fingerprint density at radius 1 is 1.00 bits per heavy atom. The number of hydrogen-bond acceptors (Lipinski definition) is 4. The zero-order valence-corrected chi connectivity index (χ0v) is 15.6. The summed E-state index contributed by atoms with van der Waals surface area (Å²) in [5, 5.41) is 2.75. The number of carbonyl (C=O) groups excluding carboxylic acids is 3. The molecule has 0 fully saturated rings. The first kappa shape index (κ1) is 17.4. The molecule has 0 aliphatic carbocycles. The molecule has 7 heteroatoms. The lowest BCUT2D eigenvalue weighted by Gasteiger charge is -2.14. The van der Waals surface area contributed by atoms with Crippen molar-refractivity contribution < 1.29 is 14.4 Å². The third-order valence-electron chi connectivity index (χ3n) is 5.36. The minimum Gasteiger partial charge on any atom is -0.328 e. The van der Waals surface area contributed by atoms with E-state index in [4.69, 9.17) is 0 Å². The van der Waals surface area contributed by atoms with Crippen molar-refractivity contribution in [2.24, 2.45) is 0 Å². The van der Waals surface area contributed by atoms with Crippen LogP contribution in [0.1, 0.15) is 33.0 Å². The second kappa shape index (κ2) is 6.70. The second-order valence-electron chi connectivity index (χ2n) is 7.18. The van der Waals surface area contributed by atoms with E-state index in [9.17, 15) is 14.4 Å². The normalized spacial score (nSPS) is 14.8. The summed E-state index contributed by atoms with van der Waals surface area (Å²) in [4.78, 5) is 42.6. The minimum atomic E-state index is -0.439. The van der Waals surface area contributed by atoms with Crippen LogP contribution in [0.5, 0.6) is 0 Å². The molecule has 0 radical (unpaired) electrons. The SMILES string of the molecule is O=C(CN1C(=O)c2ccccc2C1=O)Nc1ccc(-c2cnc3n2CCC3)cc1. The molecule has 0 bridgehead atoms. The van der Waals surface area contributed by atoms with Gasteiger partial charge in [0.05, 0.1) is 23.0 Å². The van der Waals surface area contributed by atoms with Crippen LogP contribution in [0, 0.1) is 0 Å². The molecule has 2 aromatic carbocycles. The fraction of sp³-hybridized carbons (Fsp3) is 0.182. The number of amides is 3. The molecule has 5 rings (SSSR count). The molecule has 1 aromatic heterocycles. The number of aryl methyl sites for hydroxylation is 1. The average molecular weight is 386 g/mol. The van der Waals surface area contributed by atoms with Crippen molar-refractivity contribution in [1.29, 1.82) is 0 Å². The molecular weight excluding hydrogens is 368 g/mol. The summed E-state index contributed by atoms with van der Waals surface area (Å²) in [7, 11) is 0. The molecule has 1 N–H and O–H groups in total. The van der Waals surface area contributed by atoms with Crippen LogP contribution in [0.4, 0.5) is 5.69 Å². The van der Waals surface area contributed by atoms with Gasteiger partial charge in [-0.2, -0.15) is 0 Å². The van der Waals surface area contributed by atoms with Crippen LogP contribution in [-0.2, 0) is 17.8 Å². The Morgan fingerprint density at radius 2 is 1.69 bits per heavy atom. The summed E-state index contributed by atoms with van der Waals surface area (Å²) in [6.45, 7) is 0.660. The Bertz CT molecular complexity index is 1110. The Morgan fingerprint density at radius 3 is 2.38 bits per heavy atom. The molecule has 3 amide bonds. The van der Waals surface area contributed by atoms with E-state index in [-0.39, 0.29) is 6.54 Å². The Labute approximate surface area is 167 Å². The number of fused-ring (bicyclic) bond motifs is 2. The standard InChI is InChI=1S/C22H18N4O3/c27-20(13-26-21(28)16-4-1-2-5-17(16)22(26)29)24-15-9-7-14(8-10-15)18-12-23-19-6-3-11-25(18)19/h1-2,4-5,7-10,12H,3,6,11,13H2,(H,24,27). The predicted octanol–water partition coefficient (Wildman–Crippen LogP) is 2.73. The molecular formula is C22H18N4O3. The Kier molecular flexibility index (Phi) is 4.01. The summed E-state index contributed by atoms with van der Waals surface area (Å²) in [6, 6.07) is 14.1. The van der Waals surface area contributed by atoms with Crippen molar-refractivity contribution in [1.82, 2.24) is 14.5 Å². The van der Waals surface area contributed by atoms with Crippen molar-refractivity contribution in [3.63, 3.8) is 0 Å². The lowest BCUT2D eigenvalue weighted by atomic mass is 10.1. The van der Waals surface area contributed by atoms with Gasteiger partial charge < -0.3 is 9.88 Å². The number of anilines is 1. The number of imidazole rings is 1. The lowest BCUT2D eigenvalue weighted by Crippen LogP contribution is -2.37. The topological polar surface area (TPSA) is 84.3 Å². The van der Waals surface area contributed by atoms with Crippen LogP contribution in [0.25, 0.3) is 11.3 Å². The van der Waals surface area contributed by atoms with Gasteiger partial charge in [-0.3, -0.25) is 19.3 Å². The van der Waals surface area contributed by atoms with Gasteiger partial charge in [-0.15, -0.1) is 0 Å². The molecule has 0 spiro atoms. The van der Waals surface area contributed by atoms with Crippen molar-refractivity contribution >= 4 is 23.4 Å². The van der Waals surface area contributed by atoms with E-state index in [2.05, 4.69) is 14.9 Å². The van der Waals surface area contributed by atoms with Gasteiger partial charge in [0.2, 0.25) is 5.91 Å². The van der Waals surface area contributed by atoms with Gasteiger partial charge in [0.1, 0.15) is 12.4 Å². The monoisotopic (exact) mass is 386 g/mol. The third-order valence-corrected chi connectivity index (χ3v) is 5.36. The molecule has 0 saturated carbocycles. The van der Waals surface area contributed by atoms with E-state index < -0.39 is 17.7 Å². The fourth-order valence-corrected chi connectivity index (χ4v) is 3.94. The largest absolute Gasteiger partial charge is 0.328 e. The Balaban J connectivity index is 1.27. The van der Waals surface area contributed by atoms with E-state index in [0.29, 0.717) is 16.8 Å². The van der Waals surface area contributed by atoms with Gasteiger partial charge >= 0.3 is 0 Å². The maximum atomic E-state index is 12.4. The summed E-state index contributed by atoms with van der Waals surface area (Å²) in [6.07, 6.45) is 4.00. The zero-order chi connectivity index (χ0) is 20.0. The van der Waals surface area contributed by atoms with Gasteiger partial charge in [-0.25, -0.2) is 4.98 Å². The number of hydrogen-bond donors (Lipinski definition) is 1. The molecule has 0 unspecified atom stereocenters. The molecule has 0 saturated heterocycles. The van der Waals surface area contributed by atoms with Crippen LogP contribution >= 0.6 is 0 Å². The number of nitrogens with one attached hydrogen (secondary N) is 1. The highest BCUT2D eigenvalue weighted by molar-refractivity contribution is 6.22. The molecule has 0 atom stereocenters. The van der Waals surface area contributed by atoms with Crippen LogP contribution in [-0.4, -0.2) is 38.7 Å². The maximum Gasteiger partial charge on any atom is 0.262 e. The van der Waals surface area contributed by atoms with Crippen LogP contribution < -0.4 is 5.32 Å². The zero-order valence-electron chi connectivity index (χ0n) is 15.6. The first-order chi connectivity index (χ1) is 14.1. The van der Waals surface area contributed by atoms with E-state index in [1.54, 1.807) is 24.3 Å². The van der Waals surface area contributed by atoms with Gasteiger partial charge in [-0.1, -0.05) is 24.3 Å². The third kappa shape index (κ3) is 2.91. The highest BCUT2D eigenvalue weighted by Crippen LogP contribution is 2.27. The van der Waals surface area contributed by atoms with Crippen molar-refractivity contribution in [3.8, 4) is 11.3 Å². The van der Waals surface area contributed by atoms with Gasteiger partial charge in [0.25, 0.3) is 11.8 Å². The number of benzene rings is 2. The van der Waals surface area contributed by atoms with E-state index in [1.165, 1.54) is 0 Å². The highest BCUT2D eigenvalue weighted by atomic mass is 16.2. The molecule has 2 aliphatic heterocycles. The van der Waals surface area contributed by atoms with E-state index >= 15 is 0 Å². The lowest BCUT2D eigenvalue weighted by molar-refractivity contribution is -0.116. The van der Waals surface area contributed by atoms with Gasteiger partial charge in [0.15, 0.2) is 0 Å². The van der Waals surface area contributed by atoms with Crippen LogP contribution in [0.2, 0.25) is 0 Å². The predicted molar refractivity (Wildman–Crippen MR) is 106 cm³/mol. The van der Waals surface area contributed by atoms with Crippen molar-refractivity contribution in [2.45, 2.75) is 19.4 Å². The van der Waals surface area contributed by atoms with Crippen LogP contribution in [0.15, 0.2) is 54.7 Å². The summed E-state index contributed by atoms with van der Waals surface area (Å²) in [5.41, 5.74) is 3.38. The molecule has 2 aliphatic rings. The molecule has 3 heterocycles. The number of carbonyl (C=O) groups is 3. The number of imide groups is 1. The van der Waals surface area contributed by atoms with Crippen LogP contribution in [0.3, 0.4) is 0 Å². The maximum absolute atomic E-state index is 12.4. The number of rotatable bonds is 4. The second-order valence-corrected chi connectivity index (χ2v) is 7.18. The van der Waals surface area contributed by atoms with E-state index in [1.807, 2.05) is 30.5 Å². The average Bonchev–Trinajstić information content (AvgIpc) is 3.40. The first-order valence-electron chi connectivity index (χ1n) is 9.52. The molecule has 144 valence electrons.